The van der Waals surface area contributed by atoms with E-state index < -0.39 is 0 Å². The van der Waals surface area contributed by atoms with Crippen molar-refractivity contribution >= 4 is 39.1 Å². The Labute approximate surface area is 151 Å². The molecule has 24 heavy (non-hydrogen) atoms. The van der Waals surface area contributed by atoms with Gasteiger partial charge in [0.15, 0.2) is 0 Å². The van der Waals surface area contributed by atoms with Gasteiger partial charge in [-0.25, -0.2) is 0 Å². The van der Waals surface area contributed by atoms with Crippen LogP contribution in [0.4, 0.5) is 11.4 Å². The van der Waals surface area contributed by atoms with Crippen molar-refractivity contribution in [1.29, 1.82) is 0 Å². The SMILES string of the molecule is CCc1ccccc1N(CC(=O)Nc1ccc(C)cc1Br)C(C)=O. The van der Waals surface area contributed by atoms with Gasteiger partial charge in [-0.3, -0.25) is 9.59 Å². The maximum absolute atomic E-state index is 12.4. The average molecular weight is 389 g/mol. The number of para-hydroxylation sites is 1. The number of rotatable bonds is 5. The predicted molar refractivity (Wildman–Crippen MR) is 101 cm³/mol. The summed E-state index contributed by atoms with van der Waals surface area (Å²) in [6.45, 7) is 5.46. The number of amides is 2. The molecule has 0 radical (unpaired) electrons. The van der Waals surface area contributed by atoms with Gasteiger partial charge in [-0.1, -0.05) is 31.2 Å². The van der Waals surface area contributed by atoms with E-state index in [4.69, 9.17) is 0 Å². The van der Waals surface area contributed by atoms with Crippen LogP contribution in [0.3, 0.4) is 0 Å². The van der Waals surface area contributed by atoms with Gasteiger partial charge in [0.1, 0.15) is 6.54 Å². The Morgan fingerprint density at radius 1 is 1.17 bits per heavy atom. The van der Waals surface area contributed by atoms with Crippen LogP contribution in [0.2, 0.25) is 0 Å². The van der Waals surface area contributed by atoms with E-state index in [2.05, 4.69) is 21.2 Å². The zero-order valence-corrected chi connectivity index (χ0v) is 15.7. The van der Waals surface area contributed by atoms with Crippen molar-refractivity contribution in [2.45, 2.75) is 27.2 Å². The van der Waals surface area contributed by atoms with Crippen LogP contribution in [0.15, 0.2) is 46.9 Å². The maximum atomic E-state index is 12.4. The Morgan fingerprint density at radius 3 is 2.50 bits per heavy atom. The minimum Gasteiger partial charge on any atom is -0.324 e. The van der Waals surface area contributed by atoms with E-state index in [-0.39, 0.29) is 18.4 Å². The highest BCUT2D eigenvalue weighted by Gasteiger charge is 2.18. The van der Waals surface area contributed by atoms with Crippen LogP contribution in [0, 0.1) is 6.92 Å². The fraction of sp³-hybridized carbons (Fsp3) is 0.263. The standard InChI is InChI=1S/C19H21BrN2O2/c1-4-15-7-5-6-8-18(15)22(14(3)23)12-19(24)21-17-10-9-13(2)11-16(17)20/h5-11H,4,12H2,1-3H3,(H,21,24). The smallest absolute Gasteiger partial charge is 0.244 e. The van der Waals surface area contributed by atoms with E-state index in [9.17, 15) is 9.59 Å². The zero-order valence-electron chi connectivity index (χ0n) is 14.1. The quantitative estimate of drug-likeness (QED) is 0.829. The van der Waals surface area contributed by atoms with E-state index in [1.54, 1.807) is 0 Å². The Balaban J connectivity index is 2.18. The number of nitrogens with zero attached hydrogens (tertiary/aromatic N) is 1. The lowest BCUT2D eigenvalue weighted by Crippen LogP contribution is -2.37. The van der Waals surface area contributed by atoms with Gasteiger partial charge in [-0.05, 0) is 58.6 Å². The van der Waals surface area contributed by atoms with Crippen molar-refractivity contribution in [3.05, 3.63) is 58.1 Å². The molecule has 1 N–H and O–H groups in total. The second-order valence-electron chi connectivity index (χ2n) is 5.62. The van der Waals surface area contributed by atoms with E-state index in [0.717, 1.165) is 27.7 Å². The van der Waals surface area contributed by atoms with Gasteiger partial charge in [0.05, 0.1) is 5.69 Å². The molecule has 0 heterocycles. The fourth-order valence-electron chi connectivity index (χ4n) is 2.49. The van der Waals surface area contributed by atoms with Crippen LogP contribution >= 0.6 is 15.9 Å². The van der Waals surface area contributed by atoms with Crippen molar-refractivity contribution in [3.63, 3.8) is 0 Å². The van der Waals surface area contributed by atoms with Gasteiger partial charge in [0, 0.05) is 17.1 Å². The molecule has 0 saturated carbocycles. The molecule has 0 aliphatic rings. The van der Waals surface area contributed by atoms with Crippen molar-refractivity contribution in [2.75, 3.05) is 16.8 Å². The molecular weight excluding hydrogens is 368 g/mol. The Bertz CT molecular complexity index is 759. The summed E-state index contributed by atoms with van der Waals surface area (Å²) in [6, 6.07) is 13.4. The van der Waals surface area contributed by atoms with E-state index >= 15 is 0 Å². The molecule has 0 aliphatic heterocycles. The number of nitrogens with one attached hydrogen (secondary N) is 1. The maximum Gasteiger partial charge on any atom is 0.244 e. The number of hydrogen-bond donors (Lipinski definition) is 1. The topological polar surface area (TPSA) is 49.4 Å². The average Bonchev–Trinajstić information content (AvgIpc) is 2.55. The third kappa shape index (κ3) is 4.45. The van der Waals surface area contributed by atoms with Crippen LogP contribution < -0.4 is 10.2 Å². The number of carbonyl (C=O) groups is 2. The van der Waals surface area contributed by atoms with Crippen molar-refractivity contribution in [2.24, 2.45) is 0 Å². The number of hydrogen-bond acceptors (Lipinski definition) is 2. The van der Waals surface area contributed by atoms with Gasteiger partial charge in [-0.15, -0.1) is 0 Å². The minimum absolute atomic E-state index is 0.0212. The predicted octanol–water partition coefficient (Wildman–Crippen LogP) is 4.31. The van der Waals surface area contributed by atoms with E-state index in [0.29, 0.717) is 5.69 Å². The second kappa shape index (κ2) is 8.11. The normalized spacial score (nSPS) is 10.3. The Morgan fingerprint density at radius 2 is 1.88 bits per heavy atom. The molecule has 0 saturated heterocycles. The lowest BCUT2D eigenvalue weighted by molar-refractivity contribution is -0.120. The van der Waals surface area contributed by atoms with Gasteiger partial charge in [-0.2, -0.15) is 0 Å². The van der Waals surface area contributed by atoms with Crippen LogP contribution in [0.1, 0.15) is 25.0 Å². The van der Waals surface area contributed by atoms with Crippen LogP contribution in [-0.2, 0) is 16.0 Å². The summed E-state index contributed by atoms with van der Waals surface area (Å²) in [5.74, 6) is -0.394. The molecule has 0 aliphatic carbocycles. The molecule has 2 aromatic carbocycles. The third-order valence-electron chi connectivity index (χ3n) is 3.74. The van der Waals surface area contributed by atoms with Crippen molar-refractivity contribution in [3.8, 4) is 0 Å². The molecule has 2 amide bonds. The first-order valence-electron chi connectivity index (χ1n) is 7.84. The van der Waals surface area contributed by atoms with Crippen LogP contribution in [0.5, 0.6) is 0 Å². The zero-order chi connectivity index (χ0) is 17.7. The highest BCUT2D eigenvalue weighted by atomic mass is 79.9. The lowest BCUT2D eigenvalue weighted by atomic mass is 10.1. The molecular formula is C19H21BrN2O2. The summed E-state index contributed by atoms with van der Waals surface area (Å²) in [7, 11) is 0. The summed E-state index contributed by atoms with van der Waals surface area (Å²) in [5, 5.41) is 2.85. The van der Waals surface area contributed by atoms with Crippen molar-refractivity contribution in [1.82, 2.24) is 0 Å². The fourth-order valence-corrected chi connectivity index (χ4v) is 3.09. The summed E-state index contributed by atoms with van der Waals surface area (Å²) >= 11 is 3.44. The number of benzene rings is 2. The second-order valence-corrected chi connectivity index (χ2v) is 6.47. The molecule has 0 fully saturated rings. The summed E-state index contributed by atoms with van der Waals surface area (Å²) < 4.78 is 0.819. The molecule has 5 heteroatoms. The first-order valence-corrected chi connectivity index (χ1v) is 8.63. The van der Waals surface area contributed by atoms with Gasteiger partial charge >= 0.3 is 0 Å². The van der Waals surface area contributed by atoms with Crippen molar-refractivity contribution < 1.29 is 9.59 Å². The highest BCUT2D eigenvalue weighted by Crippen LogP contribution is 2.24. The third-order valence-corrected chi connectivity index (χ3v) is 4.40. The molecule has 126 valence electrons. The van der Waals surface area contributed by atoms with E-state index in [1.165, 1.54) is 11.8 Å². The first-order chi connectivity index (χ1) is 11.4. The molecule has 0 atom stereocenters. The largest absolute Gasteiger partial charge is 0.324 e. The molecule has 0 unspecified atom stereocenters. The molecule has 2 aromatic rings. The number of halogens is 1. The molecule has 0 bridgehead atoms. The van der Waals surface area contributed by atoms with Gasteiger partial charge in [0.2, 0.25) is 11.8 Å². The Kier molecular flexibility index (Phi) is 6.15. The number of carbonyl (C=O) groups excluding carboxylic acids is 2. The summed E-state index contributed by atoms with van der Waals surface area (Å²) in [5.41, 5.74) is 3.61. The number of anilines is 2. The molecule has 2 rings (SSSR count). The van der Waals surface area contributed by atoms with Crippen LogP contribution in [-0.4, -0.2) is 18.4 Å². The molecule has 0 aromatic heterocycles. The van der Waals surface area contributed by atoms with Crippen LogP contribution in [0.25, 0.3) is 0 Å². The molecule has 4 nitrogen and oxygen atoms in total. The Hall–Kier alpha value is -2.14. The minimum atomic E-state index is -0.236. The van der Waals surface area contributed by atoms with Gasteiger partial charge < -0.3 is 10.2 Å². The monoisotopic (exact) mass is 388 g/mol. The first kappa shape index (κ1) is 18.2. The summed E-state index contributed by atoms with van der Waals surface area (Å²) in [4.78, 5) is 26.0. The summed E-state index contributed by atoms with van der Waals surface area (Å²) in [6.07, 6.45) is 0.797. The molecule has 0 spiro atoms. The highest BCUT2D eigenvalue weighted by molar-refractivity contribution is 9.10. The van der Waals surface area contributed by atoms with E-state index in [1.807, 2.05) is 56.3 Å². The van der Waals surface area contributed by atoms with Gasteiger partial charge in [0.25, 0.3) is 0 Å². The number of aryl methyl sites for hydroxylation is 2. The lowest BCUT2D eigenvalue weighted by Gasteiger charge is -2.23.